The van der Waals surface area contributed by atoms with Crippen molar-refractivity contribution in [1.82, 2.24) is 4.98 Å². The maximum atomic E-state index is 11.7. The van der Waals surface area contributed by atoms with Gasteiger partial charge in [-0.2, -0.15) is 0 Å². The Labute approximate surface area is 132 Å². The zero-order valence-corrected chi connectivity index (χ0v) is 12.5. The smallest absolute Gasteiger partial charge is 0.338 e. The van der Waals surface area contributed by atoms with Gasteiger partial charge >= 0.3 is 5.97 Å². The van der Waals surface area contributed by atoms with Gasteiger partial charge in [0.15, 0.2) is 6.61 Å². The molecule has 0 aliphatic heterocycles. The standard InChI is InChI=1S/C15H13ClN2O4/c1-21-12-4-2-3-11(8-12)18-14(19)9-22-15(20)10-5-6-17-13(16)7-10/h2-8H,9H2,1H3,(H,18,19). The molecule has 1 heterocycles. The highest BCUT2D eigenvalue weighted by atomic mass is 35.5. The van der Waals surface area contributed by atoms with Crippen molar-refractivity contribution in [1.29, 1.82) is 0 Å². The number of halogens is 1. The molecule has 22 heavy (non-hydrogen) atoms. The van der Waals surface area contributed by atoms with E-state index in [4.69, 9.17) is 21.1 Å². The Morgan fingerprint density at radius 2 is 2.09 bits per heavy atom. The van der Waals surface area contributed by atoms with E-state index in [-0.39, 0.29) is 10.7 Å². The summed E-state index contributed by atoms with van der Waals surface area (Å²) < 4.78 is 9.95. The van der Waals surface area contributed by atoms with Gasteiger partial charge in [0.25, 0.3) is 5.91 Å². The topological polar surface area (TPSA) is 77.5 Å². The number of hydrogen-bond donors (Lipinski definition) is 1. The molecule has 0 radical (unpaired) electrons. The first-order valence-electron chi connectivity index (χ1n) is 6.31. The fraction of sp³-hybridized carbons (Fsp3) is 0.133. The molecule has 1 amide bonds. The summed E-state index contributed by atoms with van der Waals surface area (Å²) in [5.74, 6) is -0.493. The number of hydrogen-bond acceptors (Lipinski definition) is 5. The third-order valence-electron chi connectivity index (χ3n) is 2.65. The van der Waals surface area contributed by atoms with Crippen LogP contribution in [0.4, 0.5) is 5.69 Å². The Bertz CT molecular complexity index is 691. The molecular weight excluding hydrogens is 308 g/mol. The summed E-state index contributed by atoms with van der Waals surface area (Å²) >= 11 is 5.68. The van der Waals surface area contributed by atoms with E-state index < -0.39 is 18.5 Å². The summed E-state index contributed by atoms with van der Waals surface area (Å²) in [5, 5.41) is 2.78. The number of aromatic nitrogens is 1. The predicted octanol–water partition coefficient (Wildman–Crippen LogP) is 2.54. The van der Waals surface area contributed by atoms with Crippen LogP contribution >= 0.6 is 11.6 Å². The first-order valence-corrected chi connectivity index (χ1v) is 6.69. The highest BCUT2D eigenvalue weighted by Gasteiger charge is 2.11. The molecule has 7 heteroatoms. The number of carbonyl (C=O) groups is 2. The molecule has 2 aromatic rings. The Balaban J connectivity index is 1.88. The summed E-state index contributed by atoms with van der Waals surface area (Å²) in [4.78, 5) is 27.2. The number of methoxy groups -OCH3 is 1. The van der Waals surface area contributed by atoms with E-state index in [1.165, 1.54) is 25.4 Å². The van der Waals surface area contributed by atoms with Crippen LogP contribution in [-0.4, -0.2) is 30.6 Å². The van der Waals surface area contributed by atoms with Crippen molar-refractivity contribution in [2.24, 2.45) is 0 Å². The van der Waals surface area contributed by atoms with Crippen LogP contribution in [0.2, 0.25) is 5.15 Å². The van der Waals surface area contributed by atoms with Gasteiger partial charge < -0.3 is 14.8 Å². The lowest BCUT2D eigenvalue weighted by Crippen LogP contribution is -2.20. The van der Waals surface area contributed by atoms with E-state index in [0.717, 1.165) is 0 Å². The molecule has 2 rings (SSSR count). The molecule has 0 bridgehead atoms. The summed E-state index contributed by atoms with van der Waals surface area (Å²) in [7, 11) is 1.53. The largest absolute Gasteiger partial charge is 0.497 e. The lowest BCUT2D eigenvalue weighted by molar-refractivity contribution is -0.119. The average Bonchev–Trinajstić information content (AvgIpc) is 2.52. The van der Waals surface area contributed by atoms with Crippen LogP contribution in [0.3, 0.4) is 0 Å². The summed E-state index contributed by atoms with van der Waals surface area (Å²) in [6, 6.07) is 9.66. The zero-order chi connectivity index (χ0) is 15.9. The number of anilines is 1. The van der Waals surface area contributed by atoms with E-state index in [1.807, 2.05) is 0 Å². The number of amides is 1. The van der Waals surface area contributed by atoms with E-state index in [0.29, 0.717) is 11.4 Å². The molecule has 0 aliphatic rings. The number of rotatable bonds is 5. The highest BCUT2D eigenvalue weighted by Crippen LogP contribution is 2.16. The van der Waals surface area contributed by atoms with Gasteiger partial charge in [0.05, 0.1) is 12.7 Å². The lowest BCUT2D eigenvalue weighted by atomic mass is 10.3. The monoisotopic (exact) mass is 320 g/mol. The maximum Gasteiger partial charge on any atom is 0.338 e. The second-order valence-corrected chi connectivity index (χ2v) is 4.61. The minimum Gasteiger partial charge on any atom is -0.497 e. The number of ether oxygens (including phenoxy) is 2. The Morgan fingerprint density at radius 1 is 1.27 bits per heavy atom. The van der Waals surface area contributed by atoms with Crippen LogP contribution in [-0.2, 0) is 9.53 Å². The van der Waals surface area contributed by atoms with Crippen molar-refractivity contribution in [3.8, 4) is 5.75 Å². The van der Waals surface area contributed by atoms with Crippen molar-refractivity contribution in [2.75, 3.05) is 19.0 Å². The molecule has 1 aromatic heterocycles. The quantitative estimate of drug-likeness (QED) is 0.676. The van der Waals surface area contributed by atoms with Gasteiger partial charge in [0.2, 0.25) is 0 Å². The molecule has 0 spiro atoms. The molecule has 0 unspecified atom stereocenters. The molecule has 0 atom stereocenters. The SMILES string of the molecule is COc1cccc(NC(=O)COC(=O)c2ccnc(Cl)c2)c1. The summed E-state index contributed by atoms with van der Waals surface area (Å²) in [6.07, 6.45) is 1.38. The number of nitrogens with one attached hydrogen (secondary N) is 1. The third-order valence-corrected chi connectivity index (χ3v) is 2.86. The van der Waals surface area contributed by atoms with Crippen LogP contribution < -0.4 is 10.1 Å². The molecule has 0 fully saturated rings. The van der Waals surface area contributed by atoms with Gasteiger partial charge in [-0.15, -0.1) is 0 Å². The van der Waals surface area contributed by atoms with Crippen molar-refractivity contribution in [3.63, 3.8) is 0 Å². The Morgan fingerprint density at radius 3 is 2.82 bits per heavy atom. The molecule has 0 aliphatic carbocycles. The van der Waals surface area contributed by atoms with Gasteiger partial charge in [0, 0.05) is 18.0 Å². The number of nitrogens with zero attached hydrogens (tertiary/aromatic N) is 1. The van der Waals surface area contributed by atoms with Crippen molar-refractivity contribution >= 4 is 29.2 Å². The summed E-state index contributed by atoms with van der Waals surface area (Å²) in [6.45, 7) is -0.407. The van der Waals surface area contributed by atoms with Crippen molar-refractivity contribution in [2.45, 2.75) is 0 Å². The van der Waals surface area contributed by atoms with Crippen LogP contribution in [0.25, 0.3) is 0 Å². The van der Waals surface area contributed by atoms with Gasteiger partial charge in [-0.05, 0) is 24.3 Å². The van der Waals surface area contributed by atoms with E-state index in [9.17, 15) is 9.59 Å². The predicted molar refractivity (Wildman–Crippen MR) is 81.2 cm³/mol. The van der Waals surface area contributed by atoms with Crippen LogP contribution in [0.5, 0.6) is 5.75 Å². The fourth-order valence-electron chi connectivity index (χ4n) is 1.64. The minimum absolute atomic E-state index is 0.176. The fourth-order valence-corrected chi connectivity index (χ4v) is 1.82. The normalized spacial score (nSPS) is 9.91. The molecule has 6 nitrogen and oxygen atoms in total. The first-order chi connectivity index (χ1) is 10.6. The number of pyridine rings is 1. The van der Waals surface area contributed by atoms with Gasteiger partial charge in [-0.1, -0.05) is 17.7 Å². The molecule has 0 saturated heterocycles. The van der Waals surface area contributed by atoms with Crippen LogP contribution in [0.15, 0.2) is 42.6 Å². The zero-order valence-electron chi connectivity index (χ0n) is 11.7. The minimum atomic E-state index is -0.648. The van der Waals surface area contributed by atoms with Crippen LogP contribution in [0, 0.1) is 0 Å². The molecule has 114 valence electrons. The van der Waals surface area contributed by atoms with Crippen molar-refractivity contribution < 1.29 is 19.1 Å². The highest BCUT2D eigenvalue weighted by molar-refractivity contribution is 6.29. The van der Waals surface area contributed by atoms with E-state index in [2.05, 4.69) is 10.3 Å². The van der Waals surface area contributed by atoms with Gasteiger partial charge in [0.1, 0.15) is 10.9 Å². The van der Waals surface area contributed by atoms with E-state index in [1.54, 1.807) is 24.3 Å². The molecule has 1 aromatic carbocycles. The maximum absolute atomic E-state index is 11.7. The number of benzene rings is 1. The average molecular weight is 321 g/mol. The Kier molecular flexibility index (Phi) is 5.32. The van der Waals surface area contributed by atoms with Gasteiger partial charge in [-0.25, -0.2) is 9.78 Å². The van der Waals surface area contributed by atoms with Gasteiger partial charge in [-0.3, -0.25) is 4.79 Å². The molecule has 0 saturated carbocycles. The molecule has 1 N–H and O–H groups in total. The second kappa shape index (κ2) is 7.42. The second-order valence-electron chi connectivity index (χ2n) is 4.22. The number of carbonyl (C=O) groups excluding carboxylic acids is 2. The van der Waals surface area contributed by atoms with Crippen LogP contribution in [0.1, 0.15) is 10.4 Å². The number of esters is 1. The first kappa shape index (κ1) is 15.8. The van der Waals surface area contributed by atoms with Crippen molar-refractivity contribution in [3.05, 3.63) is 53.3 Å². The molecular formula is C15H13ClN2O4. The van der Waals surface area contributed by atoms with E-state index >= 15 is 0 Å². The summed E-state index contributed by atoms with van der Waals surface area (Å²) in [5.41, 5.74) is 0.779. The lowest BCUT2D eigenvalue weighted by Gasteiger charge is -2.08. The Hall–Kier alpha value is -2.60. The third kappa shape index (κ3) is 4.46.